The van der Waals surface area contributed by atoms with E-state index in [4.69, 9.17) is 5.26 Å². The summed E-state index contributed by atoms with van der Waals surface area (Å²) < 4.78 is 0. The maximum atomic E-state index is 9.12. The van der Waals surface area contributed by atoms with Crippen molar-refractivity contribution in [1.82, 2.24) is 30.6 Å². The Morgan fingerprint density at radius 1 is 1.29 bits per heavy atom. The predicted molar refractivity (Wildman–Crippen MR) is 90.6 cm³/mol. The van der Waals surface area contributed by atoms with Gasteiger partial charge >= 0.3 is 0 Å². The van der Waals surface area contributed by atoms with Gasteiger partial charge in [-0.1, -0.05) is 23.9 Å². The molecule has 0 amide bonds. The van der Waals surface area contributed by atoms with E-state index < -0.39 is 0 Å². The molecular weight excluding hydrogens is 324 g/mol. The van der Waals surface area contributed by atoms with Crippen LogP contribution < -0.4 is 5.32 Å². The Kier molecular flexibility index (Phi) is 4.78. The summed E-state index contributed by atoms with van der Waals surface area (Å²) in [4.78, 5) is 8.63. The second-order valence-corrected chi connectivity index (χ2v) is 5.33. The second-order valence-electron chi connectivity index (χ2n) is 4.56. The number of anilines is 1. The highest BCUT2D eigenvalue weighted by Crippen LogP contribution is 2.21. The largest absolute Gasteiger partial charge is 0.360 e. The van der Waals surface area contributed by atoms with E-state index in [0.717, 1.165) is 22.1 Å². The Labute approximate surface area is 142 Å². The van der Waals surface area contributed by atoms with Crippen molar-refractivity contribution in [2.75, 3.05) is 11.6 Å². The minimum atomic E-state index is 0.243. The van der Waals surface area contributed by atoms with Crippen LogP contribution in [-0.2, 0) is 0 Å². The number of tetrazole rings is 1. The molecule has 2 aromatic heterocycles. The molecule has 0 unspecified atom stereocenters. The summed E-state index contributed by atoms with van der Waals surface area (Å²) in [6.07, 6.45) is 5.22. The van der Waals surface area contributed by atoms with E-state index in [0.29, 0.717) is 0 Å². The van der Waals surface area contributed by atoms with E-state index in [2.05, 4.69) is 35.9 Å². The quantitative estimate of drug-likeness (QED) is 0.414. The van der Waals surface area contributed by atoms with Gasteiger partial charge in [-0.05, 0) is 29.7 Å². The first kappa shape index (κ1) is 15.6. The van der Waals surface area contributed by atoms with Gasteiger partial charge in [0, 0.05) is 23.6 Å². The molecule has 0 saturated carbocycles. The number of H-pyrrole nitrogens is 1. The maximum absolute atomic E-state index is 9.12. The lowest BCUT2D eigenvalue weighted by molar-refractivity contribution is 0.881. The first-order chi connectivity index (χ1) is 11.8. The molecule has 0 radical (unpaired) electrons. The monoisotopic (exact) mass is 336 g/mol. The summed E-state index contributed by atoms with van der Waals surface area (Å²) in [7, 11) is 0. The summed E-state index contributed by atoms with van der Waals surface area (Å²) in [5, 5.41) is 26.2. The highest BCUT2D eigenvalue weighted by molar-refractivity contribution is 7.98. The number of hydrogen-bond acceptors (Lipinski definition) is 8. The third-order valence-electron chi connectivity index (χ3n) is 3.09. The highest BCUT2D eigenvalue weighted by Gasteiger charge is 2.05. The van der Waals surface area contributed by atoms with Gasteiger partial charge in [0.1, 0.15) is 11.6 Å². The third kappa shape index (κ3) is 3.56. The van der Waals surface area contributed by atoms with Gasteiger partial charge in [0.15, 0.2) is 5.16 Å². The van der Waals surface area contributed by atoms with E-state index >= 15 is 0 Å². The van der Waals surface area contributed by atoms with E-state index in [1.54, 1.807) is 6.20 Å². The lowest BCUT2D eigenvalue weighted by atomic mass is 10.1. The van der Waals surface area contributed by atoms with Gasteiger partial charge in [0.05, 0.1) is 5.69 Å². The summed E-state index contributed by atoms with van der Waals surface area (Å²) in [6.45, 7) is 0. The molecule has 0 saturated heterocycles. The average Bonchev–Trinajstić information content (AvgIpc) is 3.17. The molecule has 0 spiro atoms. The number of nitriles is 1. The van der Waals surface area contributed by atoms with Gasteiger partial charge in [0.25, 0.3) is 0 Å². The lowest BCUT2D eigenvalue weighted by Gasteiger charge is -2.05. The molecule has 0 aliphatic carbocycles. The summed E-state index contributed by atoms with van der Waals surface area (Å²) in [5.74, 6) is 0.243. The number of rotatable bonds is 5. The predicted octanol–water partition coefficient (Wildman–Crippen LogP) is 2.36. The normalized spacial score (nSPS) is 11.1. The molecule has 9 heteroatoms. The van der Waals surface area contributed by atoms with Crippen LogP contribution in [0.5, 0.6) is 0 Å². The molecular formula is C15H12N8S. The molecule has 118 valence electrons. The Morgan fingerprint density at radius 2 is 2.12 bits per heavy atom. The number of nitrogens with one attached hydrogen (secondary N) is 2. The van der Waals surface area contributed by atoms with Gasteiger partial charge in [-0.15, -0.1) is 10.2 Å². The number of aromatic amines is 1. The molecule has 2 N–H and O–H groups in total. The number of nitrogens with zero attached hydrogens (tertiary/aromatic N) is 6. The number of allylic oxidation sites excluding steroid dienone is 1. The first-order valence-corrected chi connectivity index (χ1v) is 8.10. The number of thioether (sulfide) groups is 1. The van der Waals surface area contributed by atoms with Gasteiger partial charge < -0.3 is 5.32 Å². The van der Waals surface area contributed by atoms with Crippen LogP contribution in [0, 0.1) is 11.3 Å². The van der Waals surface area contributed by atoms with Crippen LogP contribution in [0.4, 0.5) is 5.69 Å². The van der Waals surface area contributed by atoms with Gasteiger partial charge in [-0.2, -0.15) is 10.5 Å². The number of benzene rings is 1. The van der Waals surface area contributed by atoms with E-state index in [9.17, 15) is 0 Å². The summed E-state index contributed by atoms with van der Waals surface area (Å²) >= 11 is 1.50. The molecule has 0 aliphatic rings. The highest BCUT2D eigenvalue weighted by atomic mass is 32.2. The number of aromatic nitrogens is 6. The van der Waals surface area contributed by atoms with Crippen LogP contribution >= 0.6 is 11.8 Å². The third-order valence-corrected chi connectivity index (χ3v) is 3.65. The molecule has 8 nitrogen and oxygen atoms in total. The van der Waals surface area contributed by atoms with Gasteiger partial charge in [-0.3, -0.25) is 0 Å². The van der Waals surface area contributed by atoms with Crippen LogP contribution in [0.15, 0.2) is 47.9 Å². The first-order valence-electron chi connectivity index (χ1n) is 6.88. The molecule has 3 aromatic rings. The fraction of sp³-hybridized carbons (Fsp3) is 0.0667. The topological polar surface area (TPSA) is 116 Å². The lowest BCUT2D eigenvalue weighted by Crippen LogP contribution is -1.93. The van der Waals surface area contributed by atoms with E-state index in [1.165, 1.54) is 18.0 Å². The Morgan fingerprint density at radius 3 is 2.79 bits per heavy atom. The standard InChI is InChI=1S/C15H12N8S/c1-24-15-17-7-6-13(19-15)10-2-4-12(5-3-10)18-9-11(8-16)14-20-22-23-21-14/h2-7,9,18H,1H3,(H,20,21,22,23). The van der Waals surface area contributed by atoms with Crippen LogP contribution in [-0.4, -0.2) is 36.8 Å². The molecule has 3 rings (SSSR count). The van der Waals surface area contributed by atoms with Crippen molar-refractivity contribution in [3.05, 3.63) is 48.6 Å². The fourth-order valence-electron chi connectivity index (χ4n) is 1.92. The molecule has 0 bridgehead atoms. The van der Waals surface area contributed by atoms with Crippen molar-refractivity contribution >= 4 is 23.0 Å². The molecule has 2 heterocycles. The zero-order valence-corrected chi connectivity index (χ0v) is 13.4. The van der Waals surface area contributed by atoms with E-state index in [1.807, 2.05) is 42.7 Å². The molecule has 0 atom stereocenters. The fourth-order valence-corrected chi connectivity index (χ4v) is 2.27. The SMILES string of the molecule is CSc1nccc(-c2ccc(NC=C(C#N)c3nn[nH]n3)cc2)n1. The van der Waals surface area contributed by atoms with Crippen LogP contribution in [0.3, 0.4) is 0 Å². The van der Waals surface area contributed by atoms with Crippen LogP contribution in [0.1, 0.15) is 5.82 Å². The molecule has 1 aromatic carbocycles. The second kappa shape index (κ2) is 7.34. The average molecular weight is 336 g/mol. The van der Waals surface area contributed by atoms with Crippen molar-refractivity contribution in [3.63, 3.8) is 0 Å². The summed E-state index contributed by atoms with van der Waals surface area (Å²) in [5.41, 5.74) is 2.96. The van der Waals surface area contributed by atoms with Crippen molar-refractivity contribution in [2.45, 2.75) is 5.16 Å². The number of hydrogen-bond donors (Lipinski definition) is 2. The minimum Gasteiger partial charge on any atom is -0.360 e. The molecule has 24 heavy (non-hydrogen) atoms. The maximum Gasteiger partial charge on any atom is 0.216 e. The van der Waals surface area contributed by atoms with Crippen LogP contribution in [0.2, 0.25) is 0 Å². The summed E-state index contributed by atoms with van der Waals surface area (Å²) in [6, 6.07) is 11.6. The van der Waals surface area contributed by atoms with Crippen molar-refractivity contribution in [1.29, 1.82) is 5.26 Å². The Balaban J connectivity index is 1.76. The van der Waals surface area contributed by atoms with Crippen molar-refractivity contribution < 1.29 is 0 Å². The Hall–Kier alpha value is -3.25. The van der Waals surface area contributed by atoms with Crippen molar-refractivity contribution in [3.8, 4) is 17.3 Å². The minimum absolute atomic E-state index is 0.243. The van der Waals surface area contributed by atoms with Crippen LogP contribution in [0.25, 0.3) is 16.8 Å². The zero-order valence-electron chi connectivity index (χ0n) is 12.6. The van der Waals surface area contributed by atoms with Gasteiger partial charge in [-0.25, -0.2) is 9.97 Å². The van der Waals surface area contributed by atoms with Gasteiger partial charge in [0.2, 0.25) is 5.82 Å². The van der Waals surface area contributed by atoms with Crippen molar-refractivity contribution in [2.24, 2.45) is 0 Å². The zero-order chi connectivity index (χ0) is 16.8. The molecule has 0 fully saturated rings. The molecule has 0 aliphatic heterocycles. The smallest absolute Gasteiger partial charge is 0.216 e. The van der Waals surface area contributed by atoms with E-state index in [-0.39, 0.29) is 11.4 Å². The Bertz CT molecular complexity index is 881.